The standard InChI is InChI=1S/C24H28N4O2/c1-5-24(3,4)14-30-20-12-8-11-18-21(20)17(22(29)28-23(25)26)13-19(27-18)16-10-7-6-9-15(16)2/h6-13H,5,14H2,1-4H3,(H4,25,26,28,29). The molecular weight excluding hydrogens is 376 g/mol. The van der Waals surface area contributed by atoms with Crippen molar-refractivity contribution in [3.8, 4) is 17.0 Å². The van der Waals surface area contributed by atoms with E-state index < -0.39 is 5.91 Å². The fraction of sp³-hybridized carbons (Fsp3) is 0.292. The molecule has 156 valence electrons. The van der Waals surface area contributed by atoms with Gasteiger partial charge >= 0.3 is 0 Å². The zero-order valence-corrected chi connectivity index (χ0v) is 17.9. The van der Waals surface area contributed by atoms with E-state index in [0.717, 1.165) is 17.5 Å². The highest BCUT2D eigenvalue weighted by Crippen LogP contribution is 2.34. The third-order valence-electron chi connectivity index (χ3n) is 5.25. The van der Waals surface area contributed by atoms with Crippen LogP contribution >= 0.6 is 0 Å². The van der Waals surface area contributed by atoms with Crippen molar-refractivity contribution >= 4 is 22.8 Å². The van der Waals surface area contributed by atoms with Gasteiger partial charge < -0.3 is 16.2 Å². The number of ether oxygens (including phenoxy) is 1. The number of nitrogens with zero attached hydrogens (tertiary/aromatic N) is 2. The van der Waals surface area contributed by atoms with Crippen molar-refractivity contribution in [1.29, 1.82) is 0 Å². The lowest BCUT2D eigenvalue weighted by molar-refractivity contribution is 0.100. The number of carbonyl (C=O) groups excluding carboxylic acids is 1. The predicted molar refractivity (Wildman–Crippen MR) is 122 cm³/mol. The monoisotopic (exact) mass is 404 g/mol. The van der Waals surface area contributed by atoms with Crippen LogP contribution in [0.2, 0.25) is 0 Å². The minimum atomic E-state index is -0.525. The maximum atomic E-state index is 12.9. The van der Waals surface area contributed by atoms with E-state index in [9.17, 15) is 4.79 Å². The normalized spacial score (nSPS) is 11.3. The van der Waals surface area contributed by atoms with Crippen LogP contribution in [0.25, 0.3) is 22.2 Å². The summed E-state index contributed by atoms with van der Waals surface area (Å²) < 4.78 is 6.14. The molecule has 0 aliphatic carbocycles. The zero-order valence-electron chi connectivity index (χ0n) is 17.9. The van der Waals surface area contributed by atoms with Crippen molar-refractivity contribution in [1.82, 2.24) is 4.98 Å². The molecule has 1 amide bonds. The number of carbonyl (C=O) groups is 1. The van der Waals surface area contributed by atoms with Crippen LogP contribution in [0, 0.1) is 12.3 Å². The number of hydrogen-bond acceptors (Lipinski definition) is 3. The molecular formula is C24H28N4O2. The van der Waals surface area contributed by atoms with Crippen LogP contribution in [0.4, 0.5) is 0 Å². The molecule has 0 saturated heterocycles. The fourth-order valence-corrected chi connectivity index (χ4v) is 3.09. The molecule has 6 nitrogen and oxygen atoms in total. The van der Waals surface area contributed by atoms with Crippen molar-refractivity contribution < 1.29 is 9.53 Å². The Hall–Kier alpha value is -3.41. The summed E-state index contributed by atoms with van der Waals surface area (Å²) in [6, 6.07) is 15.2. The van der Waals surface area contributed by atoms with Crippen LogP contribution in [0.3, 0.4) is 0 Å². The van der Waals surface area contributed by atoms with Gasteiger partial charge in [0, 0.05) is 5.56 Å². The summed E-state index contributed by atoms with van der Waals surface area (Å²) in [5, 5.41) is 0.608. The van der Waals surface area contributed by atoms with E-state index in [1.165, 1.54) is 0 Å². The third-order valence-corrected chi connectivity index (χ3v) is 5.25. The molecule has 0 radical (unpaired) electrons. The molecule has 30 heavy (non-hydrogen) atoms. The van der Waals surface area contributed by atoms with E-state index in [-0.39, 0.29) is 11.4 Å². The summed E-state index contributed by atoms with van der Waals surface area (Å²) in [4.78, 5) is 21.5. The van der Waals surface area contributed by atoms with E-state index in [2.05, 4.69) is 25.8 Å². The Morgan fingerprint density at radius 2 is 1.87 bits per heavy atom. The molecule has 0 spiro atoms. The summed E-state index contributed by atoms with van der Waals surface area (Å²) in [7, 11) is 0. The molecule has 0 unspecified atom stereocenters. The van der Waals surface area contributed by atoms with Crippen molar-refractivity contribution in [3.05, 3.63) is 59.7 Å². The SMILES string of the molecule is CCC(C)(C)COc1cccc2nc(-c3ccccc3C)cc(C(=O)N=C(N)N)c12. The van der Waals surface area contributed by atoms with E-state index >= 15 is 0 Å². The van der Waals surface area contributed by atoms with Crippen molar-refractivity contribution in [3.63, 3.8) is 0 Å². The Bertz CT molecular complexity index is 1120. The topological polar surface area (TPSA) is 104 Å². The summed E-state index contributed by atoms with van der Waals surface area (Å²) in [6.07, 6.45) is 0.966. The number of rotatable bonds is 6. The maximum Gasteiger partial charge on any atom is 0.281 e. The minimum Gasteiger partial charge on any atom is -0.492 e. The minimum absolute atomic E-state index is 0.000691. The first-order valence-corrected chi connectivity index (χ1v) is 9.98. The highest BCUT2D eigenvalue weighted by molar-refractivity contribution is 6.12. The van der Waals surface area contributed by atoms with Gasteiger partial charge in [-0.15, -0.1) is 0 Å². The second-order valence-corrected chi connectivity index (χ2v) is 8.17. The van der Waals surface area contributed by atoms with Gasteiger partial charge in [-0.2, -0.15) is 4.99 Å². The van der Waals surface area contributed by atoms with Crippen molar-refractivity contribution in [2.75, 3.05) is 6.61 Å². The Morgan fingerprint density at radius 1 is 1.13 bits per heavy atom. The smallest absolute Gasteiger partial charge is 0.281 e. The Kier molecular flexibility index (Phi) is 6.06. The molecule has 3 aromatic rings. The molecule has 6 heteroatoms. The molecule has 1 heterocycles. The number of benzene rings is 2. The van der Waals surface area contributed by atoms with Gasteiger partial charge in [0.05, 0.1) is 28.8 Å². The molecule has 0 saturated carbocycles. The van der Waals surface area contributed by atoms with Crippen LogP contribution in [-0.2, 0) is 0 Å². The molecule has 3 rings (SSSR count). The van der Waals surface area contributed by atoms with Crippen LogP contribution in [0.1, 0.15) is 43.1 Å². The summed E-state index contributed by atoms with van der Waals surface area (Å²) in [5.74, 6) is -0.219. The molecule has 0 aliphatic rings. The summed E-state index contributed by atoms with van der Waals surface area (Å²) >= 11 is 0. The molecule has 0 fully saturated rings. The van der Waals surface area contributed by atoms with Crippen LogP contribution in [-0.4, -0.2) is 23.5 Å². The average molecular weight is 405 g/mol. The third kappa shape index (κ3) is 4.59. The van der Waals surface area contributed by atoms with Gasteiger partial charge in [-0.05, 0) is 42.5 Å². The fourth-order valence-electron chi connectivity index (χ4n) is 3.09. The second kappa shape index (κ2) is 8.53. The largest absolute Gasteiger partial charge is 0.492 e. The Labute approximate surface area is 177 Å². The predicted octanol–water partition coefficient (Wildman–Crippen LogP) is 4.44. The van der Waals surface area contributed by atoms with Gasteiger partial charge in [-0.25, -0.2) is 4.98 Å². The molecule has 0 atom stereocenters. The average Bonchev–Trinajstić information content (AvgIpc) is 2.71. The van der Waals surface area contributed by atoms with E-state index in [0.29, 0.717) is 34.5 Å². The number of fused-ring (bicyclic) bond motifs is 1. The molecule has 1 aromatic heterocycles. The first-order chi connectivity index (χ1) is 14.2. The zero-order chi connectivity index (χ0) is 21.9. The maximum absolute atomic E-state index is 12.9. The first kappa shape index (κ1) is 21.3. The number of guanidine groups is 1. The number of hydrogen-bond donors (Lipinski definition) is 2. The van der Waals surface area contributed by atoms with Gasteiger partial charge in [-0.1, -0.05) is 51.1 Å². The van der Waals surface area contributed by atoms with E-state index in [4.69, 9.17) is 21.2 Å². The number of aromatic nitrogens is 1. The summed E-state index contributed by atoms with van der Waals surface area (Å²) in [6.45, 7) is 8.91. The van der Waals surface area contributed by atoms with E-state index in [1.807, 2.05) is 49.4 Å². The van der Waals surface area contributed by atoms with E-state index in [1.54, 1.807) is 6.07 Å². The molecule has 4 N–H and O–H groups in total. The Morgan fingerprint density at radius 3 is 2.53 bits per heavy atom. The van der Waals surface area contributed by atoms with Crippen LogP contribution < -0.4 is 16.2 Å². The first-order valence-electron chi connectivity index (χ1n) is 9.98. The van der Waals surface area contributed by atoms with Crippen LogP contribution in [0.15, 0.2) is 53.5 Å². The lowest BCUT2D eigenvalue weighted by atomic mass is 9.92. The molecule has 0 aliphatic heterocycles. The Balaban J connectivity index is 2.23. The van der Waals surface area contributed by atoms with Gasteiger partial charge in [0.15, 0.2) is 5.96 Å². The quantitative estimate of drug-likeness (QED) is 0.467. The van der Waals surface area contributed by atoms with Gasteiger partial charge in [0.1, 0.15) is 5.75 Å². The highest BCUT2D eigenvalue weighted by Gasteiger charge is 2.21. The van der Waals surface area contributed by atoms with Gasteiger partial charge in [-0.3, -0.25) is 4.79 Å². The van der Waals surface area contributed by atoms with Crippen LogP contribution in [0.5, 0.6) is 5.75 Å². The lowest BCUT2D eigenvalue weighted by Crippen LogP contribution is -2.24. The number of pyridine rings is 1. The van der Waals surface area contributed by atoms with Gasteiger partial charge in [0.2, 0.25) is 0 Å². The second-order valence-electron chi connectivity index (χ2n) is 8.17. The molecule has 2 aromatic carbocycles. The van der Waals surface area contributed by atoms with Crippen molar-refractivity contribution in [2.45, 2.75) is 34.1 Å². The lowest BCUT2D eigenvalue weighted by Gasteiger charge is -2.23. The highest BCUT2D eigenvalue weighted by atomic mass is 16.5. The number of nitrogens with two attached hydrogens (primary N) is 2. The molecule has 0 bridgehead atoms. The number of aryl methyl sites for hydroxylation is 1. The number of aliphatic imine (C=N–C) groups is 1. The summed E-state index contributed by atoms with van der Waals surface area (Å²) in [5.41, 5.74) is 14.6. The van der Waals surface area contributed by atoms with Gasteiger partial charge in [0.25, 0.3) is 5.91 Å². The number of amides is 1. The van der Waals surface area contributed by atoms with Crippen molar-refractivity contribution in [2.24, 2.45) is 21.9 Å².